The Labute approximate surface area is 165 Å². The van der Waals surface area contributed by atoms with Crippen LogP contribution in [0.4, 0.5) is 24.5 Å². The number of carbonyl (C=O) groups is 2. The van der Waals surface area contributed by atoms with E-state index in [9.17, 15) is 22.8 Å². The molecule has 0 heterocycles. The van der Waals surface area contributed by atoms with Crippen LogP contribution in [-0.4, -0.2) is 24.9 Å². The van der Waals surface area contributed by atoms with Gasteiger partial charge in [0.05, 0.1) is 12.1 Å². The van der Waals surface area contributed by atoms with Crippen molar-refractivity contribution in [1.82, 2.24) is 5.32 Å². The molecule has 5 nitrogen and oxygen atoms in total. The molecule has 0 aliphatic rings. The van der Waals surface area contributed by atoms with Gasteiger partial charge in [-0.05, 0) is 48.9 Å². The minimum Gasteiger partial charge on any atom is -0.376 e. The minimum absolute atomic E-state index is 0.168. The van der Waals surface area contributed by atoms with Crippen molar-refractivity contribution < 1.29 is 22.8 Å². The molecule has 2 aromatic carbocycles. The van der Waals surface area contributed by atoms with Gasteiger partial charge in [0.25, 0.3) is 0 Å². The summed E-state index contributed by atoms with van der Waals surface area (Å²) in [5.41, 5.74) is 0.0423. The van der Waals surface area contributed by atoms with Crippen molar-refractivity contribution in [1.29, 1.82) is 0 Å². The van der Waals surface area contributed by atoms with Crippen molar-refractivity contribution in [3.8, 4) is 0 Å². The van der Waals surface area contributed by atoms with Gasteiger partial charge in [0.15, 0.2) is 0 Å². The lowest BCUT2D eigenvalue weighted by atomic mass is 10.2. The van der Waals surface area contributed by atoms with Crippen LogP contribution < -0.4 is 16.0 Å². The fourth-order valence-corrected chi connectivity index (χ4v) is 2.41. The second-order valence-corrected chi connectivity index (χ2v) is 6.38. The van der Waals surface area contributed by atoms with Crippen molar-refractivity contribution in [3.05, 3.63) is 59.1 Å². The molecule has 0 saturated heterocycles. The van der Waals surface area contributed by atoms with Crippen molar-refractivity contribution in [2.75, 3.05) is 23.7 Å². The zero-order valence-electron chi connectivity index (χ0n) is 14.8. The number of halogens is 4. The van der Waals surface area contributed by atoms with Crippen LogP contribution in [0.1, 0.15) is 18.4 Å². The first-order valence-electron chi connectivity index (χ1n) is 8.47. The predicted octanol–water partition coefficient (Wildman–Crippen LogP) is 4.31. The lowest BCUT2D eigenvalue weighted by Gasteiger charge is -2.11. The Morgan fingerprint density at radius 3 is 2.36 bits per heavy atom. The number of amides is 2. The Kier molecular flexibility index (Phi) is 7.69. The van der Waals surface area contributed by atoms with E-state index in [1.807, 2.05) is 0 Å². The molecule has 2 amide bonds. The van der Waals surface area contributed by atoms with Gasteiger partial charge in [0.1, 0.15) is 0 Å². The summed E-state index contributed by atoms with van der Waals surface area (Å²) in [6.45, 7) is 0.107. The molecule has 3 N–H and O–H groups in total. The topological polar surface area (TPSA) is 70.2 Å². The second-order valence-electron chi connectivity index (χ2n) is 5.94. The third kappa shape index (κ3) is 7.48. The van der Waals surface area contributed by atoms with E-state index in [0.717, 1.165) is 12.1 Å². The molecule has 0 unspecified atom stereocenters. The van der Waals surface area contributed by atoms with Crippen molar-refractivity contribution in [2.45, 2.75) is 19.0 Å². The van der Waals surface area contributed by atoms with Crippen molar-refractivity contribution >= 4 is 34.8 Å². The van der Waals surface area contributed by atoms with E-state index in [1.165, 1.54) is 12.1 Å². The monoisotopic (exact) mass is 413 g/mol. The Morgan fingerprint density at radius 1 is 0.964 bits per heavy atom. The van der Waals surface area contributed by atoms with Crippen LogP contribution in [-0.2, 0) is 15.8 Å². The number of anilines is 2. The fraction of sp³-hybridized carbons (Fsp3) is 0.263. The zero-order chi connectivity index (χ0) is 20.6. The van der Waals surface area contributed by atoms with E-state index >= 15 is 0 Å². The first kappa shape index (κ1) is 21.6. The van der Waals surface area contributed by atoms with Gasteiger partial charge in [-0.3, -0.25) is 9.59 Å². The molecule has 28 heavy (non-hydrogen) atoms. The van der Waals surface area contributed by atoms with Crippen LogP contribution in [0.25, 0.3) is 0 Å². The molecular weight excluding hydrogens is 395 g/mol. The third-order valence-corrected chi connectivity index (χ3v) is 3.93. The summed E-state index contributed by atoms with van der Waals surface area (Å²) in [6.07, 6.45) is -3.80. The Morgan fingerprint density at radius 2 is 1.68 bits per heavy atom. The molecule has 0 spiro atoms. The van der Waals surface area contributed by atoms with Gasteiger partial charge in [0.2, 0.25) is 11.8 Å². The van der Waals surface area contributed by atoms with Gasteiger partial charge in [-0.15, -0.1) is 0 Å². The maximum Gasteiger partial charge on any atom is 0.416 e. The molecule has 0 fully saturated rings. The standard InChI is InChI=1S/C19H19ClF3N3O2/c20-14-6-8-15(9-7-14)26-17(27)5-2-10-24-18(28)12-25-16-4-1-3-13(11-16)19(21,22)23/h1,3-4,6-9,11,25H,2,5,10,12H2,(H,24,28)(H,26,27). The average molecular weight is 414 g/mol. The number of alkyl halides is 3. The quantitative estimate of drug-likeness (QED) is 0.565. The maximum atomic E-state index is 12.6. The van der Waals surface area contributed by atoms with Gasteiger partial charge in [-0.1, -0.05) is 17.7 Å². The highest BCUT2D eigenvalue weighted by atomic mass is 35.5. The van der Waals surface area contributed by atoms with Crippen molar-refractivity contribution in [2.24, 2.45) is 0 Å². The fourth-order valence-electron chi connectivity index (χ4n) is 2.28. The molecular formula is C19H19ClF3N3O2. The lowest BCUT2D eigenvalue weighted by Crippen LogP contribution is -2.31. The Hall–Kier alpha value is -2.74. The van der Waals surface area contributed by atoms with E-state index in [1.54, 1.807) is 24.3 Å². The summed E-state index contributed by atoms with van der Waals surface area (Å²) in [5.74, 6) is -0.575. The number of rotatable bonds is 8. The largest absolute Gasteiger partial charge is 0.416 e. The maximum absolute atomic E-state index is 12.6. The first-order chi connectivity index (χ1) is 13.2. The van der Waals surface area contributed by atoms with Crippen LogP contribution in [0.3, 0.4) is 0 Å². The van der Waals surface area contributed by atoms with Crippen molar-refractivity contribution in [3.63, 3.8) is 0 Å². The molecule has 2 rings (SSSR count). The van der Waals surface area contributed by atoms with Gasteiger partial charge < -0.3 is 16.0 Å². The number of nitrogens with one attached hydrogen (secondary N) is 3. The molecule has 0 radical (unpaired) electrons. The van der Waals surface area contributed by atoms with E-state index in [0.29, 0.717) is 17.1 Å². The first-order valence-corrected chi connectivity index (χ1v) is 8.85. The highest BCUT2D eigenvalue weighted by Crippen LogP contribution is 2.30. The molecule has 0 saturated carbocycles. The molecule has 0 bridgehead atoms. The van der Waals surface area contributed by atoms with E-state index in [2.05, 4.69) is 16.0 Å². The normalized spacial score (nSPS) is 11.0. The number of benzene rings is 2. The van der Waals surface area contributed by atoms with Crippen LogP contribution in [0.15, 0.2) is 48.5 Å². The SMILES string of the molecule is O=C(CNc1cccc(C(F)(F)F)c1)NCCCC(=O)Nc1ccc(Cl)cc1. The predicted molar refractivity (Wildman–Crippen MR) is 102 cm³/mol. The number of carbonyl (C=O) groups excluding carboxylic acids is 2. The van der Waals surface area contributed by atoms with E-state index < -0.39 is 11.7 Å². The summed E-state index contributed by atoms with van der Waals surface area (Å²) in [6, 6.07) is 11.3. The molecule has 0 aliphatic heterocycles. The summed E-state index contributed by atoms with van der Waals surface area (Å²) in [5, 5.41) is 8.52. The zero-order valence-corrected chi connectivity index (χ0v) is 15.5. The van der Waals surface area contributed by atoms with Crippen LogP contribution in [0.5, 0.6) is 0 Å². The third-order valence-electron chi connectivity index (χ3n) is 3.67. The molecule has 0 aromatic heterocycles. The highest BCUT2D eigenvalue weighted by molar-refractivity contribution is 6.30. The molecule has 0 atom stereocenters. The van der Waals surface area contributed by atoms with E-state index in [-0.39, 0.29) is 37.0 Å². The van der Waals surface area contributed by atoms with E-state index in [4.69, 9.17) is 11.6 Å². The highest BCUT2D eigenvalue weighted by Gasteiger charge is 2.30. The van der Waals surface area contributed by atoms with Gasteiger partial charge in [0, 0.05) is 29.4 Å². The van der Waals surface area contributed by atoms with Gasteiger partial charge in [-0.25, -0.2) is 0 Å². The summed E-state index contributed by atoms with van der Waals surface area (Å²) in [4.78, 5) is 23.6. The molecule has 2 aromatic rings. The lowest BCUT2D eigenvalue weighted by molar-refractivity contribution is -0.137. The number of hydrogen-bond acceptors (Lipinski definition) is 3. The number of hydrogen-bond donors (Lipinski definition) is 3. The van der Waals surface area contributed by atoms with Crippen LogP contribution in [0.2, 0.25) is 5.02 Å². The second kappa shape index (κ2) is 9.98. The smallest absolute Gasteiger partial charge is 0.376 e. The Balaban J connectivity index is 1.65. The molecule has 150 valence electrons. The average Bonchev–Trinajstić information content (AvgIpc) is 2.65. The molecule has 0 aliphatic carbocycles. The Bertz CT molecular complexity index is 811. The summed E-state index contributed by atoms with van der Waals surface area (Å²) >= 11 is 5.76. The van der Waals surface area contributed by atoms with Crippen LogP contribution in [0, 0.1) is 0 Å². The van der Waals surface area contributed by atoms with Gasteiger partial charge in [-0.2, -0.15) is 13.2 Å². The van der Waals surface area contributed by atoms with Gasteiger partial charge >= 0.3 is 6.18 Å². The summed E-state index contributed by atoms with van der Waals surface area (Å²) in [7, 11) is 0. The molecule has 9 heteroatoms. The van der Waals surface area contributed by atoms with Crippen LogP contribution >= 0.6 is 11.6 Å². The summed E-state index contributed by atoms with van der Waals surface area (Å²) < 4.78 is 37.9. The minimum atomic E-state index is -4.44.